The lowest BCUT2D eigenvalue weighted by atomic mass is 9.75. The molecule has 0 spiro atoms. The van der Waals surface area contributed by atoms with Crippen molar-refractivity contribution in [3.8, 4) is 0 Å². The van der Waals surface area contributed by atoms with Gasteiger partial charge in [-0.2, -0.15) is 0 Å². The van der Waals surface area contributed by atoms with E-state index in [1.165, 1.54) is 50.6 Å². The first-order valence-corrected chi connectivity index (χ1v) is 18.1. The average molecular weight is 593 g/mol. The molecule has 2 aliphatic heterocycles. The van der Waals surface area contributed by atoms with Gasteiger partial charge in [0.1, 0.15) is 0 Å². The molecule has 2 heteroatoms. The molecule has 9 aliphatic rings. The number of rotatable bonds is 4. The lowest BCUT2D eigenvalue weighted by Crippen LogP contribution is -2.38. The van der Waals surface area contributed by atoms with Crippen LogP contribution in [0.25, 0.3) is 0 Å². The quantitative estimate of drug-likeness (QED) is 0.300. The summed E-state index contributed by atoms with van der Waals surface area (Å²) >= 11 is 0. The fourth-order valence-electron chi connectivity index (χ4n) is 10.2. The third-order valence-corrected chi connectivity index (χ3v) is 12.2. The minimum absolute atomic E-state index is 0.386. The van der Waals surface area contributed by atoms with Gasteiger partial charge in [-0.25, -0.2) is 0 Å². The Morgan fingerprint density at radius 1 is 0.689 bits per heavy atom. The van der Waals surface area contributed by atoms with E-state index in [1.807, 2.05) is 0 Å². The molecular weight excluding hydrogens is 544 g/mol. The summed E-state index contributed by atoms with van der Waals surface area (Å²) in [5.41, 5.74) is 12.8. The molecule has 0 saturated carbocycles. The van der Waals surface area contributed by atoms with E-state index >= 15 is 0 Å². The summed E-state index contributed by atoms with van der Waals surface area (Å²) in [5, 5.41) is 0. The van der Waals surface area contributed by atoms with Gasteiger partial charge < -0.3 is 9.80 Å². The lowest BCUT2D eigenvalue weighted by molar-refractivity contribution is 0.278. The Morgan fingerprint density at radius 3 is 2.47 bits per heavy atom. The zero-order valence-electron chi connectivity index (χ0n) is 27.0. The maximum atomic E-state index is 2.89. The van der Waals surface area contributed by atoms with Crippen molar-refractivity contribution in [1.29, 1.82) is 0 Å². The van der Waals surface area contributed by atoms with Gasteiger partial charge in [0.15, 0.2) is 0 Å². The molecular formula is C43H48N2. The van der Waals surface area contributed by atoms with Gasteiger partial charge in [-0.3, -0.25) is 0 Å². The Hall–Kier alpha value is -3.52. The Balaban J connectivity index is 1.18. The minimum atomic E-state index is 0.386. The molecule has 2 heterocycles. The van der Waals surface area contributed by atoms with Crippen LogP contribution in [0, 0.1) is 29.6 Å². The molecule has 0 aromatic carbocycles. The van der Waals surface area contributed by atoms with Crippen LogP contribution in [0.4, 0.5) is 0 Å². The smallest absolute Gasteiger partial charge is 0.0656 e. The van der Waals surface area contributed by atoms with E-state index in [9.17, 15) is 0 Å². The minimum Gasteiger partial charge on any atom is -0.336 e. The van der Waals surface area contributed by atoms with Gasteiger partial charge in [0.25, 0.3) is 0 Å². The van der Waals surface area contributed by atoms with Gasteiger partial charge in [0.05, 0.1) is 17.4 Å². The first-order valence-electron chi connectivity index (χ1n) is 18.1. The van der Waals surface area contributed by atoms with Gasteiger partial charge in [-0.1, -0.05) is 97.6 Å². The molecule has 0 aromatic heterocycles. The van der Waals surface area contributed by atoms with Crippen LogP contribution < -0.4 is 0 Å². The molecule has 0 bridgehead atoms. The normalized spacial score (nSPS) is 36.4. The molecule has 0 N–H and O–H groups in total. The number of fused-ring (bicyclic) bond motifs is 5. The SMILES string of the molecule is CC1CC2=C(C3=C1C1C=CCCC1N3C1=CCCC(C3C=CC=CC3)=C1)N(C1=CC([C@H]3C=CCCC3)=CCC1)C1C=CC=CC21. The molecule has 0 radical (unpaired) electrons. The van der Waals surface area contributed by atoms with Crippen molar-refractivity contribution in [2.24, 2.45) is 29.6 Å². The van der Waals surface area contributed by atoms with Crippen LogP contribution in [-0.2, 0) is 0 Å². The molecule has 0 amide bonds. The monoisotopic (exact) mass is 592 g/mol. The van der Waals surface area contributed by atoms with Crippen LogP contribution in [0.1, 0.15) is 77.6 Å². The third kappa shape index (κ3) is 4.57. The summed E-state index contributed by atoms with van der Waals surface area (Å²) in [7, 11) is 0. The Morgan fingerprint density at radius 2 is 1.58 bits per heavy atom. The van der Waals surface area contributed by atoms with Crippen LogP contribution in [0.3, 0.4) is 0 Å². The topological polar surface area (TPSA) is 6.48 Å². The molecule has 0 saturated heterocycles. The van der Waals surface area contributed by atoms with Crippen molar-refractivity contribution in [2.75, 3.05) is 0 Å². The second-order valence-electron chi connectivity index (χ2n) is 14.8. The van der Waals surface area contributed by atoms with E-state index in [0.29, 0.717) is 41.7 Å². The predicted octanol–water partition coefficient (Wildman–Crippen LogP) is 10.3. The van der Waals surface area contributed by atoms with E-state index in [0.717, 1.165) is 25.7 Å². The Labute approximate surface area is 270 Å². The van der Waals surface area contributed by atoms with Crippen molar-refractivity contribution >= 4 is 0 Å². The first kappa shape index (κ1) is 27.8. The lowest BCUT2D eigenvalue weighted by Gasteiger charge is -2.40. The van der Waals surface area contributed by atoms with Gasteiger partial charge in [-0.15, -0.1) is 0 Å². The zero-order chi connectivity index (χ0) is 29.9. The van der Waals surface area contributed by atoms with Crippen LogP contribution in [-0.4, -0.2) is 21.9 Å². The van der Waals surface area contributed by atoms with Gasteiger partial charge in [0, 0.05) is 41.1 Å². The van der Waals surface area contributed by atoms with Gasteiger partial charge >= 0.3 is 0 Å². The van der Waals surface area contributed by atoms with Crippen LogP contribution in [0.2, 0.25) is 0 Å². The molecule has 0 aromatic rings. The van der Waals surface area contributed by atoms with Crippen LogP contribution >= 0.6 is 0 Å². The molecule has 7 aliphatic carbocycles. The van der Waals surface area contributed by atoms with E-state index < -0.39 is 0 Å². The average Bonchev–Trinajstić information content (AvgIpc) is 3.63. The highest BCUT2D eigenvalue weighted by atomic mass is 15.3. The fourth-order valence-corrected chi connectivity index (χ4v) is 10.2. The fraction of sp³-hybridized carbons (Fsp3) is 0.442. The van der Waals surface area contributed by atoms with Gasteiger partial charge in [0.2, 0.25) is 0 Å². The first-order chi connectivity index (χ1) is 22.3. The van der Waals surface area contributed by atoms with E-state index in [2.05, 4.69) is 114 Å². The highest BCUT2D eigenvalue weighted by Gasteiger charge is 2.52. The summed E-state index contributed by atoms with van der Waals surface area (Å²) in [6.07, 6.45) is 52.5. The number of hydrogen-bond acceptors (Lipinski definition) is 2. The summed E-state index contributed by atoms with van der Waals surface area (Å²) in [6, 6.07) is 0.911. The van der Waals surface area contributed by atoms with Crippen LogP contribution in [0.15, 0.2) is 142 Å². The number of allylic oxidation sites excluding steroid dienone is 16. The Kier molecular flexibility index (Phi) is 7.02. The van der Waals surface area contributed by atoms with Crippen molar-refractivity contribution in [3.05, 3.63) is 142 Å². The zero-order valence-corrected chi connectivity index (χ0v) is 27.0. The van der Waals surface area contributed by atoms with E-state index in [4.69, 9.17) is 0 Å². The van der Waals surface area contributed by atoms with E-state index in [1.54, 1.807) is 39.4 Å². The molecule has 9 rings (SSSR count). The molecule has 0 fully saturated rings. The van der Waals surface area contributed by atoms with Crippen molar-refractivity contribution in [3.63, 3.8) is 0 Å². The second kappa shape index (κ2) is 11.4. The van der Waals surface area contributed by atoms with Gasteiger partial charge in [-0.05, 0) is 105 Å². The molecule has 45 heavy (non-hydrogen) atoms. The molecule has 7 atom stereocenters. The Bertz CT molecular complexity index is 1640. The third-order valence-electron chi connectivity index (χ3n) is 12.2. The number of hydrogen-bond donors (Lipinski definition) is 0. The maximum absolute atomic E-state index is 2.89. The second-order valence-corrected chi connectivity index (χ2v) is 14.8. The van der Waals surface area contributed by atoms with Crippen molar-refractivity contribution < 1.29 is 0 Å². The number of nitrogens with zero attached hydrogens (tertiary/aromatic N) is 2. The maximum Gasteiger partial charge on any atom is 0.0656 e. The summed E-state index contributed by atoms with van der Waals surface area (Å²) < 4.78 is 0. The molecule has 6 unspecified atom stereocenters. The largest absolute Gasteiger partial charge is 0.336 e. The van der Waals surface area contributed by atoms with E-state index in [-0.39, 0.29) is 0 Å². The molecule has 2 nitrogen and oxygen atoms in total. The van der Waals surface area contributed by atoms with Crippen molar-refractivity contribution in [1.82, 2.24) is 9.80 Å². The predicted molar refractivity (Wildman–Crippen MR) is 186 cm³/mol. The summed E-state index contributed by atoms with van der Waals surface area (Å²) in [4.78, 5) is 5.75. The van der Waals surface area contributed by atoms with Crippen LogP contribution in [0.5, 0.6) is 0 Å². The summed E-state index contributed by atoms with van der Waals surface area (Å²) in [5.74, 6) is 2.69. The van der Waals surface area contributed by atoms with Crippen molar-refractivity contribution in [2.45, 2.75) is 89.6 Å². The summed E-state index contributed by atoms with van der Waals surface area (Å²) in [6.45, 7) is 2.54. The highest BCUT2D eigenvalue weighted by molar-refractivity contribution is 5.58. The standard InChI is InChI=1S/C43H48N2/c1-29-26-38-36-22-8-10-24-39(36)44(34-20-12-18-32(27-34)30-14-4-2-5-15-30)42(38)43-41(29)37-23-9-11-25-40(37)45(43)35-21-13-19-33(28-35)31-16-6-3-7-17-31/h3-4,6-10,14,16,18,21-24,27-31,36-37,39-40H,2,5,11-13,15,17,19-20,25-26H2,1H3/t29?,30-,31?,36?,37?,39?,40?/m0/s1. The highest BCUT2D eigenvalue weighted by Crippen LogP contribution is 2.58. The molecule has 230 valence electrons.